The fraction of sp³-hybridized carbons (Fsp3) is 0.833. The summed E-state index contributed by atoms with van der Waals surface area (Å²) in [5.74, 6) is 1.84. The fourth-order valence-corrected chi connectivity index (χ4v) is 10.3. The van der Waals surface area contributed by atoms with Crippen LogP contribution in [0.3, 0.4) is 0 Å². The van der Waals surface area contributed by atoms with E-state index in [9.17, 15) is 0 Å². The SMILES string of the molecule is C=C[SiH](CC1CCCCC1)OC1CCC(O[SiH](C=C)CC2CCCCC2)CC1. The predicted octanol–water partition coefficient (Wildman–Crippen LogP) is 6.39. The van der Waals surface area contributed by atoms with Crippen molar-refractivity contribution < 1.29 is 8.85 Å². The van der Waals surface area contributed by atoms with E-state index in [1.807, 2.05) is 0 Å². The molecule has 0 bridgehead atoms. The Morgan fingerprint density at radius 1 is 0.571 bits per heavy atom. The molecule has 2 atom stereocenters. The average molecular weight is 421 g/mol. The number of rotatable bonds is 10. The van der Waals surface area contributed by atoms with Gasteiger partial charge in [-0.15, -0.1) is 13.2 Å². The van der Waals surface area contributed by atoms with Gasteiger partial charge in [0, 0.05) is 12.2 Å². The van der Waals surface area contributed by atoms with Gasteiger partial charge < -0.3 is 8.85 Å². The molecule has 2 nitrogen and oxygen atoms in total. The summed E-state index contributed by atoms with van der Waals surface area (Å²) in [6.07, 6.45) is 20.0. The molecule has 0 spiro atoms. The molecule has 0 radical (unpaired) electrons. The van der Waals surface area contributed by atoms with Crippen molar-refractivity contribution in [3.8, 4) is 0 Å². The molecule has 3 aliphatic rings. The molecule has 0 N–H and O–H groups in total. The minimum absolute atomic E-state index is 0.472. The first kappa shape index (κ1) is 22.5. The van der Waals surface area contributed by atoms with Gasteiger partial charge in [0.1, 0.15) is 0 Å². The molecule has 0 heterocycles. The van der Waals surface area contributed by atoms with E-state index in [4.69, 9.17) is 8.85 Å². The first-order chi connectivity index (χ1) is 13.8. The smallest absolute Gasteiger partial charge is 0.201 e. The van der Waals surface area contributed by atoms with Crippen LogP contribution in [0.1, 0.15) is 89.9 Å². The van der Waals surface area contributed by atoms with Gasteiger partial charge in [-0.3, -0.25) is 0 Å². The van der Waals surface area contributed by atoms with E-state index in [0.29, 0.717) is 12.2 Å². The van der Waals surface area contributed by atoms with Crippen molar-refractivity contribution in [2.24, 2.45) is 11.8 Å². The van der Waals surface area contributed by atoms with Crippen LogP contribution in [0.15, 0.2) is 24.6 Å². The predicted molar refractivity (Wildman–Crippen MR) is 126 cm³/mol. The fourth-order valence-electron chi connectivity index (χ4n) is 5.72. The molecule has 0 aliphatic heterocycles. The molecule has 3 aliphatic carbocycles. The van der Waals surface area contributed by atoms with E-state index < -0.39 is 18.1 Å². The van der Waals surface area contributed by atoms with Crippen LogP contribution in [-0.4, -0.2) is 30.3 Å². The molecule has 3 fully saturated rings. The highest BCUT2D eigenvalue weighted by Gasteiger charge is 2.28. The molecule has 0 aromatic rings. The van der Waals surface area contributed by atoms with E-state index in [1.54, 1.807) is 0 Å². The molecule has 28 heavy (non-hydrogen) atoms. The summed E-state index contributed by atoms with van der Waals surface area (Å²) >= 11 is 0. The second-order valence-electron chi connectivity index (χ2n) is 9.70. The number of hydrogen-bond donors (Lipinski definition) is 0. The van der Waals surface area contributed by atoms with Crippen LogP contribution < -0.4 is 0 Å². The summed E-state index contributed by atoms with van der Waals surface area (Å²) in [4.78, 5) is 0. The second kappa shape index (κ2) is 12.5. The Morgan fingerprint density at radius 3 is 1.25 bits per heavy atom. The molecule has 160 valence electrons. The van der Waals surface area contributed by atoms with Crippen molar-refractivity contribution in [1.29, 1.82) is 0 Å². The maximum absolute atomic E-state index is 6.60. The highest BCUT2D eigenvalue weighted by Crippen LogP contribution is 2.32. The lowest BCUT2D eigenvalue weighted by atomic mass is 9.91. The Labute approximate surface area is 177 Å². The van der Waals surface area contributed by atoms with Crippen molar-refractivity contribution in [2.75, 3.05) is 0 Å². The highest BCUT2D eigenvalue weighted by molar-refractivity contribution is 6.58. The van der Waals surface area contributed by atoms with E-state index in [-0.39, 0.29) is 0 Å². The van der Waals surface area contributed by atoms with Crippen LogP contribution in [0.4, 0.5) is 0 Å². The van der Waals surface area contributed by atoms with Gasteiger partial charge in [-0.25, -0.2) is 0 Å². The van der Waals surface area contributed by atoms with Gasteiger partial charge >= 0.3 is 0 Å². The third-order valence-electron chi connectivity index (χ3n) is 7.46. The van der Waals surface area contributed by atoms with Crippen LogP contribution in [0.5, 0.6) is 0 Å². The molecule has 0 amide bonds. The highest BCUT2D eigenvalue weighted by atomic mass is 28.3. The minimum Gasteiger partial charge on any atom is -0.413 e. The molecule has 4 heteroatoms. The molecule has 0 aromatic carbocycles. The van der Waals surface area contributed by atoms with Crippen molar-refractivity contribution >= 4 is 18.1 Å². The summed E-state index contributed by atoms with van der Waals surface area (Å²) in [5.41, 5.74) is 4.39. The Balaban J connectivity index is 1.35. The van der Waals surface area contributed by atoms with Crippen molar-refractivity contribution in [3.05, 3.63) is 24.6 Å². The molecule has 3 rings (SSSR count). The maximum atomic E-state index is 6.60. The van der Waals surface area contributed by atoms with Crippen LogP contribution in [-0.2, 0) is 8.85 Å². The third kappa shape index (κ3) is 7.58. The van der Waals surface area contributed by atoms with Gasteiger partial charge in [-0.05, 0) is 49.6 Å². The van der Waals surface area contributed by atoms with Gasteiger partial charge in [-0.2, -0.15) is 0 Å². The summed E-state index contributed by atoms with van der Waals surface area (Å²) in [6, 6.07) is 2.65. The van der Waals surface area contributed by atoms with Gasteiger partial charge in [0.2, 0.25) is 18.1 Å². The standard InChI is InChI=1S/C24H44O2Si2/c1-3-27(19-21-11-7-5-8-12-21)25-23-15-17-24(18-16-23)26-28(4-2)20-22-13-9-6-10-14-22/h3-4,21-24,27-28H,1-2,5-20H2. The lowest BCUT2D eigenvalue weighted by Crippen LogP contribution is -2.35. The Morgan fingerprint density at radius 2 is 0.929 bits per heavy atom. The van der Waals surface area contributed by atoms with Gasteiger partial charge in [-0.1, -0.05) is 75.6 Å². The normalized spacial score (nSPS) is 29.9. The minimum atomic E-state index is -1.22. The summed E-state index contributed by atoms with van der Waals surface area (Å²) in [7, 11) is -2.45. The zero-order valence-corrected chi connectivity index (χ0v) is 20.5. The van der Waals surface area contributed by atoms with E-state index in [2.05, 4.69) is 24.6 Å². The quantitative estimate of drug-likeness (QED) is 0.381. The Hall–Kier alpha value is -0.166. The van der Waals surface area contributed by atoms with Crippen molar-refractivity contribution in [2.45, 2.75) is 114 Å². The van der Waals surface area contributed by atoms with Crippen molar-refractivity contribution in [3.63, 3.8) is 0 Å². The molecule has 0 saturated heterocycles. The van der Waals surface area contributed by atoms with E-state index >= 15 is 0 Å². The molecule has 0 aromatic heterocycles. The average Bonchev–Trinajstić information content (AvgIpc) is 2.75. The van der Waals surface area contributed by atoms with Gasteiger partial charge in [0.25, 0.3) is 0 Å². The summed E-state index contributed by atoms with van der Waals surface area (Å²) in [5, 5.41) is 0. The van der Waals surface area contributed by atoms with Crippen LogP contribution in [0, 0.1) is 11.8 Å². The molecular weight excluding hydrogens is 376 g/mol. The van der Waals surface area contributed by atoms with Gasteiger partial charge in [0.15, 0.2) is 0 Å². The largest absolute Gasteiger partial charge is 0.413 e. The zero-order chi connectivity index (χ0) is 19.6. The van der Waals surface area contributed by atoms with E-state index in [0.717, 1.165) is 11.8 Å². The zero-order valence-electron chi connectivity index (χ0n) is 18.2. The van der Waals surface area contributed by atoms with E-state index in [1.165, 1.54) is 102 Å². The van der Waals surface area contributed by atoms with Crippen molar-refractivity contribution in [1.82, 2.24) is 0 Å². The first-order valence-electron chi connectivity index (χ1n) is 12.3. The third-order valence-corrected chi connectivity index (χ3v) is 12.2. The lowest BCUT2D eigenvalue weighted by molar-refractivity contribution is 0.0786. The Bertz CT molecular complexity index is 408. The second-order valence-corrected chi connectivity index (χ2v) is 14.3. The summed E-state index contributed by atoms with van der Waals surface area (Å²) < 4.78 is 13.2. The first-order valence-corrected chi connectivity index (χ1v) is 16.2. The van der Waals surface area contributed by atoms with Crippen LogP contribution >= 0.6 is 0 Å². The lowest BCUT2D eigenvalue weighted by Gasteiger charge is -2.34. The Kier molecular flexibility index (Phi) is 10.1. The van der Waals surface area contributed by atoms with Gasteiger partial charge in [0.05, 0.1) is 0 Å². The molecule has 3 saturated carbocycles. The topological polar surface area (TPSA) is 18.5 Å². The molecule has 2 unspecified atom stereocenters. The summed E-state index contributed by atoms with van der Waals surface area (Å²) in [6.45, 7) is 8.24. The maximum Gasteiger partial charge on any atom is 0.201 e. The van der Waals surface area contributed by atoms with Crippen LogP contribution in [0.25, 0.3) is 0 Å². The van der Waals surface area contributed by atoms with Crippen LogP contribution in [0.2, 0.25) is 12.1 Å². The number of hydrogen-bond acceptors (Lipinski definition) is 2. The molecular formula is C24H44O2Si2. The monoisotopic (exact) mass is 420 g/mol.